The van der Waals surface area contributed by atoms with E-state index in [0.29, 0.717) is 17.9 Å². The van der Waals surface area contributed by atoms with Gasteiger partial charge in [0.15, 0.2) is 0 Å². The van der Waals surface area contributed by atoms with Crippen LogP contribution in [-0.2, 0) is 6.54 Å². The monoisotopic (exact) mass is 412 g/mol. The topological polar surface area (TPSA) is 60.5 Å². The Hall–Kier alpha value is -3.86. The van der Waals surface area contributed by atoms with Gasteiger partial charge in [0.1, 0.15) is 11.5 Å². The molecule has 5 heteroatoms. The zero-order valence-corrected chi connectivity index (χ0v) is 17.8. The van der Waals surface area contributed by atoms with E-state index in [1.54, 1.807) is 20.3 Å². The summed E-state index contributed by atoms with van der Waals surface area (Å²) < 4.78 is 10.8. The minimum absolute atomic E-state index is 0.151. The molecule has 0 aliphatic heterocycles. The van der Waals surface area contributed by atoms with Gasteiger partial charge in [0.2, 0.25) is 0 Å². The summed E-state index contributed by atoms with van der Waals surface area (Å²) in [6.07, 6.45) is 0. The summed E-state index contributed by atoms with van der Waals surface area (Å²) in [5, 5.41) is 3.76. The van der Waals surface area contributed by atoms with Crippen molar-refractivity contribution in [3.05, 3.63) is 89.5 Å². The van der Waals surface area contributed by atoms with Crippen molar-refractivity contribution in [1.82, 2.24) is 10.3 Å². The molecular formula is C26H24N2O3. The zero-order chi connectivity index (χ0) is 21.8. The van der Waals surface area contributed by atoms with Crippen LogP contribution in [0.15, 0.2) is 72.8 Å². The maximum Gasteiger partial charge on any atom is 0.251 e. The third-order valence-corrected chi connectivity index (χ3v) is 5.21. The first-order valence-electron chi connectivity index (χ1n) is 10.0. The molecule has 0 spiro atoms. The predicted molar refractivity (Wildman–Crippen MR) is 123 cm³/mol. The molecule has 0 fully saturated rings. The number of aryl methyl sites for hydroxylation is 1. The number of fused-ring (bicyclic) bond motifs is 1. The first-order chi connectivity index (χ1) is 15.1. The largest absolute Gasteiger partial charge is 0.497 e. The van der Waals surface area contributed by atoms with Gasteiger partial charge in [-0.25, -0.2) is 4.98 Å². The van der Waals surface area contributed by atoms with E-state index < -0.39 is 0 Å². The highest BCUT2D eigenvalue weighted by molar-refractivity contribution is 5.99. The van der Waals surface area contributed by atoms with Crippen LogP contribution in [0.3, 0.4) is 0 Å². The maximum atomic E-state index is 12.7. The minimum Gasteiger partial charge on any atom is -0.497 e. The van der Waals surface area contributed by atoms with E-state index in [2.05, 4.69) is 24.4 Å². The van der Waals surface area contributed by atoms with Crippen LogP contribution in [-0.4, -0.2) is 25.1 Å². The molecule has 4 rings (SSSR count). The van der Waals surface area contributed by atoms with Crippen LogP contribution < -0.4 is 14.8 Å². The van der Waals surface area contributed by atoms with Crippen molar-refractivity contribution in [2.45, 2.75) is 13.5 Å². The summed E-state index contributed by atoms with van der Waals surface area (Å²) >= 11 is 0. The molecule has 4 aromatic rings. The number of benzene rings is 3. The number of nitrogens with zero attached hydrogens (tertiary/aromatic N) is 1. The van der Waals surface area contributed by atoms with Crippen LogP contribution >= 0.6 is 0 Å². The molecule has 0 aliphatic carbocycles. The number of rotatable bonds is 6. The minimum atomic E-state index is -0.151. The first kappa shape index (κ1) is 20.4. The number of carbonyl (C=O) groups is 1. The third-order valence-electron chi connectivity index (χ3n) is 5.21. The molecule has 1 heterocycles. The van der Waals surface area contributed by atoms with Gasteiger partial charge in [-0.15, -0.1) is 0 Å². The third kappa shape index (κ3) is 4.51. The Bertz CT molecular complexity index is 1220. The Morgan fingerprint density at radius 2 is 1.65 bits per heavy atom. The molecule has 0 radical (unpaired) electrons. The Morgan fingerprint density at radius 3 is 2.32 bits per heavy atom. The van der Waals surface area contributed by atoms with Crippen LogP contribution in [0.25, 0.3) is 22.2 Å². The molecule has 1 amide bonds. The molecule has 1 aromatic heterocycles. The van der Waals surface area contributed by atoms with Gasteiger partial charge < -0.3 is 14.8 Å². The van der Waals surface area contributed by atoms with Crippen molar-refractivity contribution >= 4 is 16.8 Å². The molecular weight excluding hydrogens is 388 g/mol. The van der Waals surface area contributed by atoms with Gasteiger partial charge in [0.25, 0.3) is 5.91 Å². The predicted octanol–water partition coefficient (Wildman–Crippen LogP) is 5.16. The van der Waals surface area contributed by atoms with E-state index in [9.17, 15) is 4.79 Å². The molecule has 0 unspecified atom stereocenters. The van der Waals surface area contributed by atoms with Crippen molar-refractivity contribution in [3.8, 4) is 22.8 Å². The standard InChI is InChI=1S/C26H24N2O3/c1-17-4-8-19(9-5-17)24-15-25(31-3)22-14-20(10-13-23(22)28-24)26(29)27-16-18-6-11-21(30-2)12-7-18/h4-15H,16H2,1-3H3,(H,27,29). The molecule has 3 aromatic carbocycles. The van der Waals surface area contributed by atoms with Gasteiger partial charge in [0, 0.05) is 29.1 Å². The smallest absolute Gasteiger partial charge is 0.251 e. The molecule has 0 aliphatic rings. The number of amides is 1. The molecule has 0 saturated heterocycles. The molecule has 1 N–H and O–H groups in total. The molecule has 156 valence electrons. The average molecular weight is 412 g/mol. The highest BCUT2D eigenvalue weighted by Gasteiger charge is 2.12. The second-order valence-corrected chi connectivity index (χ2v) is 7.34. The van der Waals surface area contributed by atoms with Gasteiger partial charge in [-0.3, -0.25) is 4.79 Å². The van der Waals surface area contributed by atoms with E-state index in [-0.39, 0.29) is 5.91 Å². The lowest BCUT2D eigenvalue weighted by Crippen LogP contribution is -2.22. The molecule has 0 atom stereocenters. The highest BCUT2D eigenvalue weighted by atomic mass is 16.5. The van der Waals surface area contributed by atoms with E-state index in [4.69, 9.17) is 14.5 Å². The van der Waals surface area contributed by atoms with E-state index in [0.717, 1.165) is 33.5 Å². The maximum absolute atomic E-state index is 12.7. The van der Waals surface area contributed by atoms with Gasteiger partial charge in [-0.1, -0.05) is 42.0 Å². The number of carbonyl (C=O) groups excluding carboxylic acids is 1. The van der Waals surface area contributed by atoms with Crippen LogP contribution in [0.5, 0.6) is 11.5 Å². The molecule has 0 bridgehead atoms. The number of hydrogen-bond acceptors (Lipinski definition) is 4. The number of pyridine rings is 1. The van der Waals surface area contributed by atoms with Crippen LogP contribution in [0.1, 0.15) is 21.5 Å². The normalized spacial score (nSPS) is 10.7. The van der Waals surface area contributed by atoms with Crippen molar-refractivity contribution in [3.63, 3.8) is 0 Å². The number of aromatic nitrogens is 1. The SMILES string of the molecule is COc1ccc(CNC(=O)c2ccc3nc(-c4ccc(C)cc4)cc(OC)c3c2)cc1. The number of ether oxygens (including phenoxy) is 2. The summed E-state index contributed by atoms with van der Waals surface area (Å²) in [5.41, 5.74) is 5.39. The highest BCUT2D eigenvalue weighted by Crippen LogP contribution is 2.30. The fraction of sp³-hybridized carbons (Fsp3) is 0.154. The lowest BCUT2D eigenvalue weighted by atomic mass is 10.1. The summed E-state index contributed by atoms with van der Waals surface area (Å²) in [7, 11) is 3.26. The summed E-state index contributed by atoms with van der Waals surface area (Å²) in [6.45, 7) is 2.49. The lowest BCUT2D eigenvalue weighted by molar-refractivity contribution is 0.0951. The lowest BCUT2D eigenvalue weighted by Gasteiger charge is -2.11. The Balaban J connectivity index is 1.58. The molecule has 5 nitrogen and oxygen atoms in total. The Morgan fingerprint density at radius 1 is 0.903 bits per heavy atom. The summed E-state index contributed by atoms with van der Waals surface area (Å²) in [5.74, 6) is 1.32. The van der Waals surface area contributed by atoms with Crippen molar-refractivity contribution in [2.75, 3.05) is 14.2 Å². The fourth-order valence-electron chi connectivity index (χ4n) is 3.40. The quantitative estimate of drug-likeness (QED) is 0.475. The average Bonchev–Trinajstić information content (AvgIpc) is 2.82. The summed E-state index contributed by atoms with van der Waals surface area (Å²) in [6, 6.07) is 23.2. The van der Waals surface area contributed by atoms with Crippen LogP contribution in [0, 0.1) is 6.92 Å². The Labute approximate surface area is 181 Å². The van der Waals surface area contributed by atoms with Gasteiger partial charge in [0.05, 0.1) is 25.4 Å². The van der Waals surface area contributed by atoms with Gasteiger partial charge in [-0.05, 0) is 42.8 Å². The number of nitrogens with one attached hydrogen (secondary N) is 1. The second-order valence-electron chi connectivity index (χ2n) is 7.34. The number of methoxy groups -OCH3 is 2. The Kier molecular flexibility index (Phi) is 5.85. The fourth-order valence-corrected chi connectivity index (χ4v) is 3.40. The van der Waals surface area contributed by atoms with Crippen molar-refractivity contribution in [2.24, 2.45) is 0 Å². The van der Waals surface area contributed by atoms with Crippen LogP contribution in [0.2, 0.25) is 0 Å². The second kappa shape index (κ2) is 8.88. The zero-order valence-electron chi connectivity index (χ0n) is 17.8. The van der Waals surface area contributed by atoms with Gasteiger partial charge >= 0.3 is 0 Å². The molecule has 31 heavy (non-hydrogen) atoms. The van der Waals surface area contributed by atoms with E-state index in [1.165, 1.54) is 5.56 Å². The molecule has 0 saturated carbocycles. The van der Waals surface area contributed by atoms with E-state index in [1.807, 2.05) is 54.6 Å². The first-order valence-corrected chi connectivity index (χ1v) is 10.0. The van der Waals surface area contributed by atoms with Crippen LogP contribution in [0.4, 0.5) is 0 Å². The van der Waals surface area contributed by atoms with Gasteiger partial charge in [-0.2, -0.15) is 0 Å². The van der Waals surface area contributed by atoms with Crippen molar-refractivity contribution < 1.29 is 14.3 Å². The van der Waals surface area contributed by atoms with E-state index >= 15 is 0 Å². The van der Waals surface area contributed by atoms with Crippen molar-refractivity contribution in [1.29, 1.82) is 0 Å². The summed E-state index contributed by atoms with van der Waals surface area (Å²) in [4.78, 5) is 17.5. The number of hydrogen-bond donors (Lipinski definition) is 1.